The van der Waals surface area contributed by atoms with E-state index in [9.17, 15) is 37.7 Å². The second kappa shape index (κ2) is 21.8. The van der Waals surface area contributed by atoms with Crippen LogP contribution in [0.1, 0.15) is 22.8 Å². The molecule has 2 N–H and O–H groups in total. The van der Waals surface area contributed by atoms with Crippen LogP contribution in [0.5, 0.6) is 34.5 Å². The number of hydrogen-bond acceptors (Lipinski definition) is 11. The molecule has 5 aromatic carbocycles. The topological polar surface area (TPSA) is 194 Å². The van der Waals surface area contributed by atoms with Crippen molar-refractivity contribution in [3.63, 3.8) is 0 Å². The first kappa shape index (κ1) is 48.1. The van der Waals surface area contributed by atoms with Crippen molar-refractivity contribution in [1.29, 1.82) is 0 Å². The van der Waals surface area contributed by atoms with E-state index in [1.807, 2.05) is 0 Å². The molecule has 0 aliphatic carbocycles. The third-order valence-electron chi connectivity index (χ3n) is 7.70. The van der Waals surface area contributed by atoms with Crippen LogP contribution < -0.4 is 18.9 Å². The summed E-state index contributed by atoms with van der Waals surface area (Å²) < 4.78 is 63.7. The SMILES string of the molecule is COC(=O)C(C)Oc1ccc(Oc2ccc(Cl)cc2Cl)cc1.O=C(O)COc1ccc(Cl)c2cccnc12.O=C(O)c1cc(Oc2ccc(C(F)(F)F)cc2Cl)ccc1[N+](=O)[O-]. The molecule has 1 heterocycles. The van der Waals surface area contributed by atoms with Crippen LogP contribution >= 0.6 is 46.4 Å². The van der Waals surface area contributed by atoms with E-state index in [4.69, 9.17) is 75.6 Å². The number of halogens is 7. The molecule has 0 saturated carbocycles. The van der Waals surface area contributed by atoms with E-state index in [-0.39, 0.29) is 16.5 Å². The molecule has 0 bridgehead atoms. The zero-order valence-corrected chi connectivity index (χ0v) is 34.7. The predicted molar refractivity (Wildman–Crippen MR) is 222 cm³/mol. The van der Waals surface area contributed by atoms with Crippen molar-refractivity contribution in [2.45, 2.75) is 19.2 Å². The minimum Gasteiger partial charge on any atom is -0.480 e. The monoisotopic (exact) mass is 938 g/mol. The normalized spacial score (nSPS) is 11.1. The maximum atomic E-state index is 12.6. The number of ether oxygens (including phenoxy) is 5. The van der Waals surface area contributed by atoms with Gasteiger partial charge in [0.2, 0.25) is 0 Å². The van der Waals surface area contributed by atoms with E-state index in [0.29, 0.717) is 49.6 Å². The third-order valence-corrected chi connectivity index (χ3v) is 8.86. The number of benzene rings is 5. The summed E-state index contributed by atoms with van der Waals surface area (Å²) >= 11 is 23.6. The van der Waals surface area contributed by atoms with Gasteiger partial charge < -0.3 is 33.9 Å². The fourth-order valence-corrected chi connectivity index (χ4v) is 5.74. The third kappa shape index (κ3) is 13.8. The molecule has 0 aliphatic rings. The van der Waals surface area contributed by atoms with Crippen molar-refractivity contribution in [3.05, 3.63) is 151 Å². The zero-order chi connectivity index (χ0) is 45.7. The van der Waals surface area contributed by atoms with Gasteiger partial charge in [-0.25, -0.2) is 14.4 Å². The first-order valence-corrected chi connectivity index (χ1v) is 18.7. The number of nitrogens with zero attached hydrogens (tertiary/aromatic N) is 2. The number of aliphatic carboxylic acids is 1. The van der Waals surface area contributed by atoms with Crippen LogP contribution in [0.25, 0.3) is 10.9 Å². The molecule has 62 heavy (non-hydrogen) atoms. The molecule has 0 amide bonds. The van der Waals surface area contributed by atoms with Gasteiger partial charge in [-0.15, -0.1) is 0 Å². The van der Waals surface area contributed by atoms with Crippen LogP contribution in [0.15, 0.2) is 109 Å². The highest BCUT2D eigenvalue weighted by Gasteiger charge is 2.31. The fourth-order valence-electron chi connectivity index (χ4n) is 4.85. The van der Waals surface area contributed by atoms with Gasteiger partial charge in [0.25, 0.3) is 5.69 Å². The smallest absolute Gasteiger partial charge is 0.416 e. The van der Waals surface area contributed by atoms with Gasteiger partial charge in [-0.1, -0.05) is 46.4 Å². The lowest BCUT2D eigenvalue weighted by molar-refractivity contribution is -0.385. The molecule has 0 fully saturated rings. The number of fused-ring (bicyclic) bond motifs is 1. The van der Waals surface area contributed by atoms with Crippen LogP contribution in [0, 0.1) is 10.1 Å². The number of alkyl halides is 3. The summed E-state index contributed by atoms with van der Waals surface area (Å²) in [4.78, 5) is 46.7. The number of carboxylic acid groups (broad SMARTS) is 2. The zero-order valence-electron chi connectivity index (χ0n) is 31.7. The highest BCUT2D eigenvalue weighted by atomic mass is 35.5. The lowest BCUT2D eigenvalue weighted by Crippen LogP contribution is -2.24. The van der Waals surface area contributed by atoms with Crippen LogP contribution in [0.2, 0.25) is 20.1 Å². The molecule has 324 valence electrons. The number of aromatic carboxylic acids is 1. The molecule has 0 radical (unpaired) electrons. The number of nitro groups is 1. The Kier molecular flexibility index (Phi) is 16.9. The molecule has 6 rings (SSSR count). The summed E-state index contributed by atoms with van der Waals surface area (Å²) in [6.45, 7) is 1.22. The standard InChI is InChI=1S/C16H14Cl2O4.C14H7ClF3NO5.C11H8ClNO3/c1-10(16(19)20-2)21-12-4-6-13(7-5-12)22-15-8-3-11(17)9-14(15)18;15-10-5-7(14(16,17)18)1-4-12(10)24-8-2-3-11(19(22)23)9(6-8)13(20)21;12-8-3-4-9(16-6-10(14)15)11-7(8)2-1-5-13-11/h3-10H,1-2H3;1-6H,(H,20,21);1-5H,6H2,(H,14,15). The first-order chi connectivity index (χ1) is 29.3. The molecular formula is C41H29Cl4F3N2O12. The highest BCUT2D eigenvalue weighted by Crippen LogP contribution is 2.38. The molecule has 0 saturated heterocycles. The van der Waals surface area contributed by atoms with E-state index in [2.05, 4.69) is 9.72 Å². The Morgan fingerprint density at radius 2 is 1.37 bits per heavy atom. The average Bonchev–Trinajstić information content (AvgIpc) is 3.22. The Balaban J connectivity index is 0.000000208. The fraction of sp³-hybridized carbons (Fsp3) is 0.122. The van der Waals surface area contributed by atoms with Gasteiger partial charge in [0.15, 0.2) is 12.7 Å². The predicted octanol–water partition coefficient (Wildman–Crippen LogP) is 11.8. The molecular weight excluding hydrogens is 911 g/mol. The Hall–Kier alpha value is -6.53. The minimum absolute atomic E-state index is 0.125. The van der Waals surface area contributed by atoms with Gasteiger partial charge in [0, 0.05) is 28.7 Å². The number of methoxy groups -OCH3 is 1. The summed E-state index contributed by atoms with van der Waals surface area (Å²) in [7, 11) is 1.31. The van der Waals surface area contributed by atoms with Crippen LogP contribution in [0.3, 0.4) is 0 Å². The Morgan fingerprint density at radius 1 is 0.774 bits per heavy atom. The van der Waals surface area contributed by atoms with E-state index in [1.54, 1.807) is 79.9 Å². The number of pyridine rings is 1. The van der Waals surface area contributed by atoms with Crippen molar-refractivity contribution in [1.82, 2.24) is 4.98 Å². The number of carboxylic acids is 2. The van der Waals surface area contributed by atoms with Crippen molar-refractivity contribution < 1.29 is 66.4 Å². The molecule has 0 spiro atoms. The molecule has 1 atom stereocenters. The molecule has 0 aliphatic heterocycles. The Labute approximate surface area is 368 Å². The van der Waals surface area contributed by atoms with E-state index < -0.39 is 58.5 Å². The minimum atomic E-state index is -4.58. The largest absolute Gasteiger partial charge is 0.480 e. The van der Waals surface area contributed by atoms with Crippen molar-refractivity contribution in [2.24, 2.45) is 0 Å². The van der Waals surface area contributed by atoms with Gasteiger partial charge in [0.1, 0.15) is 45.6 Å². The second-order valence-corrected chi connectivity index (χ2v) is 13.7. The van der Waals surface area contributed by atoms with E-state index in [0.717, 1.165) is 35.7 Å². The molecule has 1 unspecified atom stereocenters. The van der Waals surface area contributed by atoms with Gasteiger partial charge in [-0.3, -0.25) is 15.1 Å². The lowest BCUT2D eigenvalue weighted by atomic mass is 10.1. The van der Waals surface area contributed by atoms with Gasteiger partial charge in [0.05, 0.1) is 32.7 Å². The Bertz CT molecular complexity index is 2580. The summed E-state index contributed by atoms with van der Waals surface area (Å²) in [6, 6.07) is 23.9. The summed E-state index contributed by atoms with van der Waals surface area (Å²) in [5.74, 6) is -1.26. The number of hydrogen-bond donors (Lipinski definition) is 2. The number of rotatable bonds is 12. The number of carbonyl (C=O) groups excluding carboxylic acids is 1. The number of carbonyl (C=O) groups is 3. The number of nitro benzene ring substituents is 1. The van der Waals surface area contributed by atoms with Gasteiger partial charge >= 0.3 is 24.1 Å². The molecule has 21 heteroatoms. The summed E-state index contributed by atoms with van der Waals surface area (Å²) in [6.07, 6.45) is -3.65. The number of esters is 1. The molecule has 14 nitrogen and oxygen atoms in total. The van der Waals surface area contributed by atoms with Crippen molar-refractivity contribution >= 4 is 80.9 Å². The van der Waals surface area contributed by atoms with Crippen molar-refractivity contribution in [2.75, 3.05) is 13.7 Å². The van der Waals surface area contributed by atoms with Crippen molar-refractivity contribution in [3.8, 4) is 34.5 Å². The molecule has 6 aromatic rings. The second-order valence-electron chi connectivity index (χ2n) is 12.0. The van der Waals surface area contributed by atoms with Gasteiger partial charge in [-0.2, -0.15) is 13.2 Å². The quantitative estimate of drug-likeness (QED) is 0.0669. The summed E-state index contributed by atoms with van der Waals surface area (Å²) in [5.41, 5.74) is -1.68. The highest BCUT2D eigenvalue weighted by molar-refractivity contribution is 6.36. The Morgan fingerprint density at radius 3 is 1.95 bits per heavy atom. The van der Waals surface area contributed by atoms with E-state index in [1.165, 1.54) is 7.11 Å². The van der Waals surface area contributed by atoms with Gasteiger partial charge in [-0.05, 0) is 97.9 Å². The maximum absolute atomic E-state index is 12.6. The lowest BCUT2D eigenvalue weighted by Gasteiger charge is -2.13. The first-order valence-electron chi connectivity index (χ1n) is 17.2. The molecule has 1 aromatic heterocycles. The van der Waals surface area contributed by atoms with Crippen LogP contribution in [-0.4, -0.2) is 57.8 Å². The summed E-state index contributed by atoms with van der Waals surface area (Å²) in [5, 5.41) is 30.2. The van der Waals surface area contributed by atoms with Crippen LogP contribution in [-0.2, 0) is 20.5 Å². The number of aromatic nitrogens is 1. The maximum Gasteiger partial charge on any atom is 0.416 e. The van der Waals surface area contributed by atoms with Crippen LogP contribution in [0.4, 0.5) is 18.9 Å². The van der Waals surface area contributed by atoms with E-state index >= 15 is 0 Å². The average molecular weight is 940 g/mol.